The second-order valence-corrected chi connectivity index (χ2v) is 16.3. The summed E-state index contributed by atoms with van der Waals surface area (Å²) in [7, 11) is 0. The number of carbonyl (C=O) groups excluding carboxylic acids is 4. The highest BCUT2D eigenvalue weighted by molar-refractivity contribution is 7.13. The highest BCUT2D eigenvalue weighted by atomic mass is 35.5. The van der Waals surface area contributed by atoms with Gasteiger partial charge in [-0.3, -0.25) is 19.2 Å². The number of primary amides is 1. The second-order valence-electron chi connectivity index (χ2n) is 15.2. The third-order valence-electron chi connectivity index (χ3n) is 9.68. The van der Waals surface area contributed by atoms with Crippen molar-refractivity contribution < 1.29 is 29.0 Å². The number of unbranched alkanes of at least 4 members (excludes halogenated alkanes) is 1. The first-order chi connectivity index (χ1) is 25.7. The van der Waals surface area contributed by atoms with E-state index in [2.05, 4.69) is 20.5 Å². The van der Waals surface area contributed by atoms with Gasteiger partial charge in [0.05, 0.1) is 41.4 Å². The van der Waals surface area contributed by atoms with E-state index in [0.717, 1.165) is 45.7 Å². The Hall–Kier alpha value is -3.88. The third kappa shape index (κ3) is 12.6. The second kappa shape index (κ2) is 20.2. The standard InChI is InChI=1S/C40H55ClN6O6S/c1-25(29-14-16-30(17-15-29)36-26(2)43-24-54-36)44-38(51)33-20-32(48)21-47(33)39(52)37(40(3,4)5)45-35(50)9-7-6-8-27-10-12-28(13-11-27)22-53-23-31(46-41)18-19-34(42)49/h10-17,24-25,31-33,37,46,48H,6-9,18-23H2,1-5H3,(H2,42,49)(H,44,51)(H,45,50)/t25-,31-,32+,33-,37+/m0/s1. The molecule has 0 spiro atoms. The SMILES string of the molecule is Cc1ncsc1-c1ccc([C@H](C)NC(=O)[C@@H]2C[C@@H](O)CN2C(=O)[C@@H](NC(=O)CCCCc2ccc(COC[C@H](CCC(N)=O)NCl)cc2)C(C)(C)C)cc1. The lowest BCUT2D eigenvalue weighted by molar-refractivity contribution is -0.144. The molecule has 14 heteroatoms. The van der Waals surface area contributed by atoms with Gasteiger partial charge in [0.15, 0.2) is 0 Å². The normalized spacial score (nSPS) is 17.5. The number of amides is 4. The van der Waals surface area contributed by atoms with Crippen molar-refractivity contribution in [2.24, 2.45) is 11.1 Å². The predicted molar refractivity (Wildman–Crippen MR) is 211 cm³/mol. The zero-order valence-electron chi connectivity index (χ0n) is 31.9. The van der Waals surface area contributed by atoms with Gasteiger partial charge < -0.3 is 31.1 Å². The van der Waals surface area contributed by atoms with E-state index in [1.54, 1.807) is 11.3 Å². The van der Waals surface area contributed by atoms with Crippen molar-refractivity contribution in [1.82, 2.24) is 25.4 Å². The summed E-state index contributed by atoms with van der Waals surface area (Å²) in [6.45, 7) is 10.3. The molecular formula is C40H55ClN6O6S. The molecule has 5 atom stereocenters. The predicted octanol–water partition coefficient (Wildman–Crippen LogP) is 5.10. The van der Waals surface area contributed by atoms with Crippen LogP contribution in [-0.2, 0) is 36.9 Å². The summed E-state index contributed by atoms with van der Waals surface area (Å²) < 4.78 is 5.74. The quantitative estimate of drug-likeness (QED) is 0.0825. The number of hydrogen-bond donors (Lipinski definition) is 5. The molecule has 0 radical (unpaired) electrons. The molecule has 54 heavy (non-hydrogen) atoms. The first-order valence-electron chi connectivity index (χ1n) is 18.5. The third-order valence-corrected chi connectivity index (χ3v) is 11.0. The number of aromatic nitrogens is 1. The number of nitrogens with two attached hydrogens (primary N) is 1. The Morgan fingerprint density at radius 3 is 2.33 bits per heavy atom. The molecule has 0 bridgehead atoms. The molecule has 4 amide bonds. The van der Waals surface area contributed by atoms with Crippen LogP contribution in [0.5, 0.6) is 0 Å². The topological polar surface area (TPSA) is 176 Å². The molecule has 0 saturated carbocycles. The molecule has 1 aliphatic heterocycles. The molecule has 294 valence electrons. The Morgan fingerprint density at radius 1 is 1.04 bits per heavy atom. The largest absolute Gasteiger partial charge is 0.391 e. The fraction of sp³-hybridized carbons (Fsp3) is 0.525. The van der Waals surface area contributed by atoms with Crippen LogP contribution in [0.1, 0.15) is 94.6 Å². The van der Waals surface area contributed by atoms with Gasteiger partial charge in [-0.05, 0) is 79.0 Å². The number of β-amino-alcohol motifs (C(OH)–C–C–N with tert-alkyl or cyclic N) is 1. The average Bonchev–Trinajstić information content (AvgIpc) is 3.75. The minimum atomic E-state index is -0.876. The summed E-state index contributed by atoms with van der Waals surface area (Å²) in [6.07, 6.45) is 2.46. The zero-order chi connectivity index (χ0) is 39.4. The van der Waals surface area contributed by atoms with Crippen LogP contribution in [0.3, 0.4) is 0 Å². The summed E-state index contributed by atoms with van der Waals surface area (Å²) in [6, 6.07) is 13.8. The first-order valence-corrected chi connectivity index (χ1v) is 19.8. The first kappa shape index (κ1) is 42.9. The minimum Gasteiger partial charge on any atom is -0.391 e. The van der Waals surface area contributed by atoms with E-state index in [1.807, 2.05) is 88.7 Å². The Bertz CT molecular complexity index is 1700. The van der Waals surface area contributed by atoms with Crippen LogP contribution >= 0.6 is 23.1 Å². The van der Waals surface area contributed by atoms with Crippen molar-refractivity contribution in [3.05, 3.63) is 76.4 Å². The zero-order valence-corrected chi connectivity index (χ0v) is 33.5. The van der Waals surface area contributed by atoms with Crippen LogP contribution < -0.4 is 21.2 Å². The number of carbonyl (C=O) groups is 4. The Morgan fingerprint density at radius 2 is 1.72 bits per heavy atom. The van der Waals surface area contributed by atoms with Crippen molar-refractivity contribution in [1.29, 1.82) is 0 Å². The lowest BCUT2D eigenvalue weighted by Gasteiger charge is -2.35. The van der Waals surface area contributed by atoms with E-state index in [0.29, 0.717) is 26.1 Å². The van der Waals surface area contributed by atoms with E-state index < -0.39 is 23.6 Å². The summed E-state index contributed by atoms with van der Waals surface area (Å²) in [4.78, 5) is 61.2. The fourth-order valence-electron chi connectivity index (χ4n) is 6.47. The highest BCUT2D eigenvalue weighted by Crippen LogP contribution is 2.29. The van der Waals surface area contributed by atoms with Crippen LogP contribution in [-0.4, -0.2) is 76.0 Å². The maximum absolute atomic E-state index is 14.0. The number of halogens is 1. The van der Waals surface area contributed by atoms with Gasteiger partial charge in [-0.1, -0.05) is 69.3 Å². The number of benzene rings is 2. The number of hydrogen-bond acceptors (Lipinski definition) is 9. The van der Waals surface area contributed by atoms with Gasteiger partial charge in [0, 0.05) is 31.8 Å². The monoisotopic (exact) mass is 782 g/mol. The van der Waals surface area contributed by atoms with Gasteiger partial charge >= 0.3 is 0 Å². The van der Waals surface area contributed by atoms with E-state index in [1.165, 1.54) is 4.90 Å². The van der Waals surface area contributed by atoms with Gasteiger partial charge in [-0.15, -0.1) is 11.3 Å². The molecule has 1 aromatic heterocycles. The minimum absolute atomic E-state index is 0.0175. The van der Waals surface area contributed by atoms with Crippen LogP contribution in [0.15, 0.2) is 54.0 Å². The number of likely N-dealkylation sites (tertiary alicyclic amines) is 1. The van der Waals surface area contributed by atoms with Crippen LogP contribution in [0, 0.1) is 12.3 Å². The van der Waals surface area contributed by atoms with E-state index >= 15 is 0 Å². The molecule has 12 nitrogen and oxygen atoms in total. The van der Waals surface area contributed by atoms with Gasteiger partial charge in [0.1, 0.15) is 12.1 Å². The maximum Gasteiger partial charge on any atom is 0.246 e. The summed E-state index contributed by atoms with van der Waals surface area (Å²) in [5, 5.41) is 16.6. The lowest BCUT2D eigenvalue weighted by atomic mass is 9.85. The van der Waals surface area contributed by atoms with Gasteiger partial charge in [0.25, 0.3) is 0 Å². The molecule has 4 rings (SSSR count). The highest BCUT2D eigenvalue weighted by Gasteiger charge is 2.44. The molecular weight excluding hydrogens is 728 g/mol. The molecule has 0 unspecified atom stereocenters. The van der Waals surface area contributed by atoms with Crippen molar-refractivity contribution >= 4 is 46.7 Å². The smallest absolute Gasteiger partial charge is 0.246 e. The van der Waals surface area contributed by atoms with Crippen molar-refractivity contribution in [3.63, 3.8) is 0 Å². The van der Waals surface area contributed by atoms with Gasteiger partial charge in [0.2, 0.25) is 23.6 Å². The molecule has 0 aliphatic carbocycles. The van der Waals surface area contributed by atoms with E-state index in [4.69, 9.17) is 22.2 Å². The van der Waals surface area contributed by atoms with Crippen molar-refractivity contribution in [3.8, 4) is 10.4 Å². The number of rotatable bonds is 19. The number of nitrogens with one attached hydrogen (secondary N) is 3. The number of aliphatic hydroxyl groups is 1. The number of aliphatic hydroxyl groups excluding tert-OH is 1. The Kier molecular flexibility index (Phi) is 16.0. The van der Waals surface area contributed by atoms with Crippen molar-refractivity contribution in [2.45, 2.75) is 116 Å². The van der Waals surface area contributed by atoms with Gasteiger partial charge in [-0.2, -0.15) is 0 Å². The maximum atomic E-state index is 14.0. The molecule has 2 heterocycles. The molecule has 1 aliphatic rings. The lowest BCUT2D eigenvalue weighted by Crippen LogP contribution is -2.57. The molecule has 1 saturated heterocycles. The average molecular weight is 783 g/mol. The van der Waals surface area contributed by atoms with Crippen LogP contribution in [0.25, 0.3) is 10.4 Å². The summed E-state index contributed by atoms with van der Waals surface area (Å²) in [5.74, 6) is -1.34. The Labute approximate surface area is 327 Å². The summed E-state index contributed by atoms with van der Waals surface area (Å²) in [5.41, 5.74) is 11.5. The molecule has 2 aromatic carbocycles. The van der Waals surface area contributed by atoms with Crippen molar-refractivity contribution in [2.75, 3.05) is 13.2 Å². The van der Waals surface area contributed by atoms with Gasteiger partial charge in [-0.25, -0.2) is 9.82 Å². The molecule has 3 aromatic rings. The number of aryl methyl sites for hydroxylation is 2. The van der Waals surface area contributed by atoms with Crippen LogP contribution in [0.2, 0.25) is 0 Å². The number of nitrogens with zero attached hydrogens (tertiary/aromatic N) is 2. The molecule has 6 N–H and O–H groups in total. The molecule has 1 fully saturated rings. The van der Waals surface area contributed by atoms with Crippen LogP contribution in [0.4, 0.5) is 0 Å². The summed E-state index contributed by atoms with van der Waals surface area (Å²) >= 11 is 7.32. The Balaban J connectivity index is 1.25. The number of ether oxygens (including phenoxy) is 1. The van der Waals surface area contributed by atoms with E-state index in [-0.39, 0.29) is 61.5 Å². The number of thiazole rings is 1. The fourth-order valence-corrected chi connectivity index (χ4v) is 7.45. The van der Waals surface area contributed by atoms with E-state index in [9.17, 15) is 24.3 Å².